The third-order valence-corrected chi connectivity index (χ3v) is 3.92. The summed E-state index contributed by atoms with van der Waals surface area (Å²) in [7, 11) is 0. The van der Waals surface area contributed by atoms with Gasteiger partial charge >= 0.3 is 0 Å². The first-order chi connectivity index (χ1) is 9.08. The first kappa shape index (κ1) is 14.0. The molecule has 0 aliphatic rings. The van der Waals surface area contributed by atoms with Gasteiger partial charge in [0.25, 0.3) is 0 Å². The summed E-state index contributed by atoms with van der Waals surface area (Å²) in [5, 5.41) is 0. The molecule has 0 aromatic heterocycles. The molecule has 0 aliphatic carbocycles. The van der Waals surface area contributed by atoms with Gasteiger partial charge in [-0.15, -0.1) is 0 Å². The summed E-state index contributed by atoms with van der Waals surface area (Å²) in [5.41, 5.74) is 8.70. The largest absolute Gasteiger partial charge is 0.489 e. The van der Waals surface area contributed by atoms with Crippen LogP contribution in [0.2, 0.25) is 0 Å². The summed E-state index contributed by atoms with van der Waals surface area (Å²) < 4.78 is 6.86. The second-order valence-corrected chi connectivity index (χ2v) is 5.52. The Morgan fingerprint density at radius 2 is 2.00 bits per heavy atom. The van der Waals surface area contributed by atoms with E-state index in [0.717, 1.165) is 26.9 Å². The highest BCUT2D eigenvalue weighted by molar-refractivity contribution is 9.10. The monoisotopic (exact) mass is 335 g/mol. The van der Waals surface area contributed by atoms with Gasteiger partial charge in [-0.2, -0.15) is 0 Å². The zero-order valence-corrected chi connectivity index (χ0v) is 12.9. The Bertz CT molecular complexity index is 613. The minimum Gasteiger partial charge on any atom is -0.489 e. The molecule has 0 saturated heterocycles. The summed E-state index contributed by atoms with van der Waals surface area (Å²) in [5.74, 6) is 0.832. The number of aryl methyl sites for hydroxylation is 1. The molecule has 0 spiro atoms. The molecule has 2 nitrogen and oxygen atoms in total. The molecule has 0 aliphatic heterocycles. The molecule has 0 heterocycles. The third-order valence-electron chi connectivity index (χ3n) is 2.81. The van der Waals surface area contributed by atoms with E-state index in [0.29, 0.717) is 11.6 Å². The minimum absolute atomic E-state index is 0.395. The molecule has 0 amide bonds. The van der Waals surface area contributed by atoms with Crippen molar-refractivity contribution < 1.29 is 4.74 Å². The average Bonchev–Trinajstić information content (AvgIpc) is 2.40. The lowest BCUT2D eigenvalue weighted by molar-refractivity contribution is 0.306. The second-order valence-electron chi connectivity index (χ2n) is 4.22. The van der Waals surface area contributed by atoms with Crippen LogP contribution in [0.5, 0.6) is 5.75 Å². The van der Waals surface area contributed by atoms with Gasteiger partial charge < -0.3 is 10.5 Å². The zero-order chi connectivity index (χ0) is 13.8. The molecular formula is C15H14BrNOS. The summed E-state index contributed by atoms with van der Waals surface area (Å²) in [6.07, 6.45) is 0. The molecule has 0 bridgehead atoms. The number of nitrogens with two attached hydrogens (primary N) is 1. The standard InChI is InChI=1S/C15H14BrNOS/c1-10-8-12(6-7-14(10)16)18-9-11-4-2-3-5-13(11)15(17)19/h2-8H,9H2,1H3,(H2,17,19). The molecule has 2 aromatic carbocycles. The van der Waals surface area contributed by atoms with E-state index in [-0.39, 0.29) is 0 Å². The van der Waals surface area contributed by atoms with Crippen LogP contribution in [-0.2, 0) is 6.61 Å². The number of rotatable bonds is 4. The van der Waals surface area contributed by atoms with E-state index in [4.69, 9.17) is 22.7 Å². The van der Waals surface area contributed by atoms with Crippen LogP contribution in [0.25, 0.3) is 0 Å². The Hall–Kier alpha value is -1.39. The molecule has 2 N–H and O–H groups in total. The Morgan fingerprint density at radius 3 is 2.68 bits per heavy atom. The predicted molar refractivity (Wildman–Crippen MR) is 85.5 cm³/mol. The number of hydrogen-bond acceptors (Lipinski definition) is 2. The van der Waals surface area contributed by atoms with Crippen LogP contribution in [0, 0.1) is 6.92 Å². The van der Waals surface area contributed by atoms with Crippen molar-refractivity contribution in [2.75, 3.05) is 0 Å². The zero-order valence-electron chi connectivity index (χ0n) is 10.5. The van der Waals surface area contributed by atoms with Gasteiger partial charge in [-0.05, 0) is 36.2 Å². The Balaban J connectivity index is 2.14. The number of hydrogen-bond donors (Lipinski definition) is 1. The van der Waals surface area contributed by atoms with Gasteiger partial charge in [0.05, 0.1) is 0 Å². The van der Waals surface area contributed by atoms with Crippen LogP contribution >= 0.6 is 28.1 Å². The van der Waals surface area contributed by atoms with Gasteiger partial charge in [0, 0.05) is 10.0 Å². The Kier molecular flexibility index (Phi) is 4.56. The van der Waals surface area contributed by atoms with Crippen molar-refractivity contribution in [2.45, 2.75) is 13.5 Å². The Morgan fingerprint density at radius 1 is 1.26 bits per heavy atom. The SMILES string of the molecule is Cc1cc(OCc2ccccc2C(N)=S)ccc1Br. The van der Waals surface area contributed by atoms with Gasteiger partial charge in [-0.25, -0.2) is 0 Å². The van der Waals surface area contributed by atoms with Gasteiger partial charge in [0.1, 0.15) is 17.3 Å². The molecule has 4 heteroatoms. The van der Waals surface area contributed by atoms with Crippen LogP contribution in [0.3, 0.4) is 0 Å². The van der Waals surface area contributed by atoms with Gasteiger partial charge in [0.15, 0.2) is 0 Å². The van der Waals surface area contributed by atoms with E-state index in [1.807, 2.05) is 49.4 Å². The topological polar surface area (TPSA) is 35.2 Å². The number of ether oxygens (including phenoxy) is 1. The fourth-order valence-corrected chi connectivity index (χ4v) is 2.20. The van der Waals surface area contributed by atoms with Crippen molar-refractivity contribution in [3.63, 3.8) is 0 Å². The molecule has 2 aromatic rings. The van der Waals surface area contributed by atoms with E-state index in [9.17, 15) is 0 Å². The predicted octanol–water partition coefficient (Wildman–Crippen LogP) is 3.97. The molecule has 0 fully saturated rings. The highest BCUT2D eigenvalue weighted by Crippen LogP contribution is 2.22. The minimum atomic E-state index is 0.395. The van der Waals surface area contributed by atoms with Crippen molar-refractivity contribution in [3.8, 4) is 5.75 Å². The van der Waals surface area contributed by atoms with Gasteiger partial charge in [0.2, 0.25) is 0 Å². The maximum atomic E-state index is 5.78. The van der Waals surface area contributed by atoms with E-state index in [2.05, 4.69) is 15.9 Å². The quantitative estimate of drug-likeness (QED) is 0.858. The highest BCUT2D eigenvalue weighted by Gasteiger charge is 2.05. The first-order valence-electron chi connectivity index (χ1n) is 5.84. The fourth-order valence-electron chi connectivity index (χ4n) is 1.75. The lowest BCUT2D eigenvalue weighted by Crippen LogP contribution is -2.13. The Labute approximate surface area is 126 Å². The molecule has 2 rings (SSSR count). The normalized spacial score (nSPS) is 10.2. The number of halogens is 1. The van der Waals surface area contributed by atoms with Crippen LogP contribution in [0.1, 0.15) is 16.7 Å². The smallest absolute Gasteiger partial charge is 0.120 e. The summed E-state index contributed by atoms with van der Waals surface area (Å²) in [6.45, 7) is 2.48. The summed E-state index contributed by atoms with van der Waals surface area (Å²) in [6, 6.07) is 13.7. The third kappa shape index (κ3) is 3.55. The molecule has 0 unspecified atom stereocenters. The van der Waals surface area contributed by atoms with Crippen molar-refractivity contribution in [1.29, 1.82) is 0 Å². The van der Waals surface area contributed by atoms with E-state index < -0.39 is 0 Å². The molecule has 0 saturated carbocycles. The molecular weight excluding hydrogens is 322 g/mol. The first-order valence-corrected chi connectivity index (χ1v) is 7.04. The van der Waals surface area contributed by atoms with Crippen LogP contribution in [-0.4, -0.2) is 4.99 Å². The van der Waals surface area contributed by atoms with E-state index in [1.165, 1.54) is 0 Å². The van der Waals surface area contributed by atoms with Crippen molar-refractivity contribution in [3.05, 3.63) is 63.6 Å². The van der Waals surface area contributed by atoms with Crippen molar-refractivity contribution >= 4 is 33.1 Å². The molecule has 19 heavy (non-hydrogen) atoms. The van der Waals surface area contributed by atoms with Crippen LogP contribution in [0.15, 0.2) is 46.9 Å². The van der Waals surface area contributed by atoms with Crippen LogP contribution in [0.4, 0.5) is 0 Å². The molecule has 0 radical (unpaired) electrons. The number of benzene rings is 2. The summed E-state index contributed by atoms with van der Waals surface area (Å²) in [4.78, 5) is 0.395. The van der Waals surface area contributed by atoms with Crippen molar-refractivity contribution in [1.82, 2.24) is 0 Å². The molecule has 98 valence electrons. The average molecular weight is 336 g/mol. The fraction of sp³-hybridized carbons (Fsp3) is 0.133. The van der Waals surface area contributed by atoms with Gasteiger partial charge in [-0.1, -0.05) is 52.4 Å². The summed E-state index contributed by atoms with van der Waals surface area (Å²) >= 11 is 8.50. The lowest BCUT2D eigenvalue weighted by atomic mass is 10.1. The van der Waals surface area contributed by atoms with E-state index in [1.54, 1.807) is 0 Å². The molecule has 0 atom stereocenters. The highest BCUT2D eigenvalue weighted by atomic mass is 79.9. The van der Waals surface area contributed by atoms with Gasteiger partial charge in [-0.3, -0.25) is 0 Å². The van der Waals surface area contributed by atoms with E-state index >= 15 is 0 Å². The lowest BCUT2D eigenvalue weighted by Gasteiger charge is -2.11. The second kappa shape index (κ2) is 6.17. The maximum absolute atomic E-state index is 5.78. The number of thiocarbonyl (C=S) groups is 1. The van der Waals surface area contributed by atoms with Crippen LogP contribution < -0.4 is 10.5 Å². The van der Waals surface area contributed by atoms with Crippen molar-refractivity contribution in [2.24, 2.45) is 5.73 Å². The maximum Gasteiger partial charge on any atom is 0.120 e.